The van der Waals surface area contributed by atoms with Gasteiger partial charge in [0.15, 0.2) is 0 Å². The Kier molecular flexibility index (Phi) is 4.38. The van der Waals surface area contributed by atoms with Crippen molar-refractivity contribution >= 4 is 17.5 Å². The Morgan fingerprint density at radius 1 is 1.32 bits per heavy atom. The summed E-state index contributed by atoms with van der Waals surface area (Å²) in [6.45, 7) is 3.53. The summed E-state index contributed by atoms with van der Waals surface area (Å²) in [7, 11) is 0. The fourth-order valence-electron chi connectivity index (χ4n) is 2.93. The summed E-state index contributed by atoms with van der Waals surface area (Å²) in [5, 5.41) is 2.82. The third-order valence-electron chi connectivity index (χ3n) is 4.16. The van der Waals surface area contributed by atoms with Gasteiger partial charge in [-0.15, -0.1) is 0 Å². The predicted molar refractivity (Wildman–Crippen MR) is 81.6 cm³/mol. The van der Waals surface area contributed by atoms with Crippen LogP contribution in [0.5, 0.6) is 0 Å². The molecule has 0 bridgehead atoms. The summed E-state index contributed by atoms with van der Waals surface area (Å²) in [6.07, 6.45) is 4.99. The first kappa shape index (κ1) is 15.0. The summed E-state index contributed by atoms with van der Waals surface area (Å²) in [4.78, 5) is 30.4. The van der Waals surface area contributed by atoms with Gasteiger partial charge in [0, 0.05) is 25.0 Å². The van der Waals surface area contributed by atoms with Gasteiger partial charge in [-0.05, 0) is 44.7 Å². The molecule has 1 N–H and O–H groups in total. The number of carbonyl (C=O) groups excluding carboxylic acids is 2. The molecular formula is C16H21N3O3. The van der Waals surface area contributed by atoms with Crippen molar-refractivity contribution in [3.63, 3.8) is 0 Å². The SMILES string of the molecule is CC1CCC(C(=O)Nc2ccnc(C(=O)N3CCCC3)c2)O1. The van der Waals surface area contributed by atoms with Crippen molar-refractivity contribution < 1.29 is 14.3 Å². The van der Waals surface area contributed by atoms with Crippen LogP contribution in [-0.2, 0) is 9.53 Å². The molecule has 0 radical (unpaired) electrons. The highest BCUT2D eigenvalue weighted by Gasteiger charge is 2.28. The average molecular weight is 303 g/mol. The van der Waals surface area contributed by atoms with Crippen molar-refractivity contribution in [2.75, 3.05) is 18.4 Å². The quantitative estimate of drug-likeness (QED) is 0.924. The average Bonchev–Trinajstić information content (AvgIpc) is 3.18. The number of aromatic nitrogens is 1. The van der Waals surface area contributed by atoms with Gasteiger partial charge < -0.3 is 15.0 Å². The first-order valence-electron chi connectivity index (χ1n) is 7.85. The molecule has 3 heterocycles. The first-order chi connectivity index (χ1) is 10.6. The number of pyridine rings is 1. The lowest BCUT2D eigenvalue weighted by Gasteiger charge is -2.15. The van der Waals surface area contributed by atoms with Crippen molar-refractivity contribution in [2.45, 2.75) is 44.8 Å². The Bertz CT molecular complexity index is 570. The number of hydrogen-bond acceptors (Lipinski definition) is 4. The van der Waals surface area contributed by atoms with Gasteiger partial charge in [0.1, 0.15) is 11.8 Å². The fraction of sp³-hybridized carbons (Fsp3) is 0.562. The highest BCUT2D eigenvalue weighted by Crippen LogP contribution is 2.21. The molecule has 0 aliphatic carbocycles. The van der Waals surface area contributed by atoms with Gasteiger partial charge >= 0.3 is 0 Å². The molecular weight excluding hydrogens is 282 g/mol. The third kappa shape index (κ3) is 3.27. The maximum atomic E-state index is 12.3. The first-order valence-corrected chi connectivity index (χ1v) is 7.85. The smallest absolute Gasteiger partial charge is 0.272 e. The number of likely N-dealkylation sites (tertiary alicyclic amines) is 1. The molecule has 0 aromatic carbocycles. The number of nitrogens with one attached hydrogen (secondary N) is 1. The summed E-state index contributed by atoms with van der Waals surface area (Å²) >= 11 is 0. The second-order valence-electron chi connectivity index (χ2n) is 5.93. The maximum Gasteiger partial charge on any atom is 0.272 e. The molecule has 1 aromatic heterocycles. The number of ether oxygens (including phenoxy) is 1. The van der Waals surface area contributed by atoms with Crippen LogP contribution in [0, 0.1) is 0 Å². The lowest BCUT2D eigenvalue weighted by molar-refractivity contribution is -0.126. The molecule has 2 saturated heterocycles. The molecule has 2 aliphatic rings. The van der Waals surface area contributed by atoms with Gasteiger partial charge in [0.2, 0.25) is 0 Å². The van der Waals surface area contributed by atoms with Crippen LogP contribution in [0.3, 0.4) is 0 Å². The molecule has 3 rings (SSSR count). The van der Waals surface area contributed by atoms with Crippen molar-refractivity contribution in [1.29, 1.82) is 0 Å². The van der Waals surface area contributed by atoms with Crippen LogP contribution in [-0.4, -0.2) is 47.0 Å². The van der Waals surface area contributed by atoms with Crippen LogP contribution in [0.1, 0.15) is 43.1 Å². The summed E-state index contributed by atoms with van der Waals surface area (Å²) in [6, 6.07) is 3.33. The van der Waals surface area contributed by atoms with Crippen LogP contribution < -0.4 is 5.32 Å². The second-order valence-corrected chi connectivity index (χ2v) is 5.93. The van der Waals surface area contributed by atoms with Crippen molar-refractivity contribution in [2.24, 2.45) is 0 Å². The number of hydrogen-bond donors (Lipinski definition) is 1. The zero-order valence-corrected chi connectivity index (χ0v) is 12.7. The molecule has 0 spiro atoms. The van der Waals surface area contributed by atoms with E-state index < -0.39 is 6.10 Å². The zero-order chi connectivity index (χ0) is 15.5. The van der Waals surface area contributed by atoms with E-state index in [9.17, 15) is 9.59 Å². The van der Waals surface area contributed by atoms with E-state index in [-0.39, 0.29) is 17.9 Å². The molecule has 118 valence electrons. The highest BCUT2D eigenvalue weighted by molar-refractivity contribution is 5.97. The fourth-order valence-corrected chi connectivity index (χ4v) is 2.93. The van der Waals surface area contributed by atoms with E-state index in [1.54, 1.807) is 23.2 Å². The van der Waals surface area contributed by atoms with Gasteiger partial charge in [0.25, 0.3) is 11.8 Å². The van der Waals surface area contributed by atoms with Crippen LogP contribution in [0.2, 0.25) is 0 Å². The largest absolute Gasteiger partial charge is 0.365 e. The molecule has 2 atom stereocenters. The van der Waals surface area contributed by atoms with Crippen molar-refractivity contribution in [1.82, 2.24) is 9.88 Å². The van der Waals surface area contributed by atoms with Gasteiger partial charge in [-0.3, -0.25) is 14.6 Å². The Morgan fingerprint density at radius 2 is 2.09 bits per heavy atom. The van der Waals surface area contributed by atoms with Crippen LogP contribution in [0.25, 0.3) is 0 Å². The van der Waals surface area contributed by atoms with Crippen LogP contribution >= 0.6 is 0 Å². The molecule has 6 nitrogen and oxygen atoms in total. The van der Waals surface area contributed by atoms with Gasteiger partial charge in [-0.2, -0.15) is 0 Å². The van der Waals surface area contributed by atoms with E-state index in [0.29, 0.717) is 11.4 Å². The Balaban J connectivity index is 1.66. The van der Waals surface area contributed by atoms with Crippen molar-refractivity contribution in [3.8, 4) is 0 Å². The van der Waals surface area contributed by atoms with Crippen LogP contribution in [0.15, 0.2) is 18.3 Å². The predicted octanol–water partition coefficient (Wildman–Crippen LogP) is 1.82. The van der Waals surface area contributed by atoms with E-state index in [4.69, 9.17) is 4.74 Å². The number of carbonyl (C=O) groups is 2. The van der Waals surface area contributed by atoms with Gasteiger partial charge in [0.05, 0.1) is 6.10 Å². The van der Waals surface area contributed by atoms with E-state index in [1.165, 1.54) is 0 Å². The van der Waals surface area contributed by atoms with Crippen molar-refractivity contribution in [3.05, 3.63) is 24.0 Å². The highest BCUT2D eigenvalue weighted by atomic mass is 16.5. The van der Waals surface area contributed by atoms with E-state index in [2.05, 4.69) is 10.3 Å². The third-order valence-corrected chi connectivity index (χ3v) is 4.16. The zero-order valence-electron chi connectivity index (χ0n) is 12.7. The molecule has 2 amide bonds. The number of anilines is 1. The molecule has 1 aromatic rings. The van der Waals surface area contributed by atoms with Gasteiger partial charge in [-0.25, -0.2) is 0 Å². The van der Waals surface area contributed by atoms with E-state index in [0.717, 1.165) is 38.8 Å². The summed E-state index contributed by atoms with van der Waals surface area (Å²) < 4.78 is 5.55. The minimum Gasteiger partial charge on any atom is -0.365 e. The Morgan fingerprint density at radius 3 is 2.77 bits per heavy atom. The standard InChI is InChI=1S/C16H21N3O3/c1-11-4-5-14(22-11)15(20)18-12-6-7-17-13(10-12)16(21)19-8-2-3-9-19/h6-7,10-11,14H,2-5,8-9H2,1H3,(H,17,18,20). The maximum absolute atomic E-state index is 12.3. The Hall–Kier alpha value is -1.95. The summed E-state index contributed by atoms with van der Waals surface area (Å²) in [5.41, 5.74) is 0.964. The topological polar surface area (TPSA) is 71.5 Å². The van der Waals surface area contributed by atoms with Crippen LogP contribution in [0.4, 0.5) is 5.69 Å². The van der Waals surface area contributed by atoms with E-state index >= 15 is 0 Å². The second kappa shape index (κ2) is 6.44. The number of amides is 2. The molecule has 2 unspecified atom stereocenters. The molecule has 6 heteroatoms. The lowest BCUT2D eigenvalue weighted by Crippen LogP contribution is -2.29. The monoisotopic (exact) mass is 303 g/mol. The summed E-state index contributed by atoms with van der Waals surface area (Å²) in [5.74, 6) is -0.227. The molecule has 22 heavy (non-hydrogen) atoms. The lowest BCUT2D eigenvalue weighted by atomic mass is 10.2. The van der Waals surface area contributed by atoms with E-state index in [1.807, 2.05) is 6.92 Å². The molecule has 2 fully saturated rings. The number of nitrogens with zero attached hydrogens (tertiary/aromatic N) is 2. The molecule has 0 saturated carbocycles. The normalized spacial score (nSPS) is 24.5. The van der Waals surface area contributed by atoms with Gasteiger partial charge in [-0.1, -0.05) is 0 Å². The molecule has 2 aliphatic heterocycles. The minimum atomic E-state index is -0.402. The number of rotatable bonds is 3. The Labute approximate surface area is 129 Å². The minimum absolute atomic E-state index is 0.0701.